The van der Waals surface area contributed by atoms with Crippen LogP contribution >= 0.6 is 23.4 Å². The Bertz CT molecular complexity index is 835. The lowest BCUT2D eigenvalue weighted by atomic mass is 9.61. The van der Waals surface area contributed by atoms with Gasteiger partial charge in [0.15, 0.2) is 0 Å². The van der Waals surface area contributed by atoms with Crippen molar-refractivity contribution in [2.45, 2.75) is 61.1 Å². The van der Waals surface area contributed by atoms with Crippen molar-refractivity contribution in [2.24, 2.45) is 5.92 Å². The van der Waals surface area contributed by atoms with Crippen LogP contribution < -0.4 is 10.1 Å². The van der Waals surface area contributed by atoms with E-state index in [9.17, 15) is 0 Å². The summed E-state index contributed by atoms with van der Waals surface area (Å²) < 4.78 is 5.53. The molecule has 0 radical (unpaired) electrons. The topological polar surface area (TPSA) is 21.3 Å². The summed E-state index contributed by atoms with van der Waals surface area (Å²) >= 11 is 8.31. The molecule has 1 saturated carbocycles. The van der Waals surface area contributed by atoms with Crippen LogP contribution in [0, 0.1) is 5.92 Å². The molecule has 0 spiro atoms. The molecule has 4 rings (SSSR count). The van der Waals surface area contributed by atoms with Crippen LogP contribution in [0.5, 0.6) is 5.75 Å². The highest BCUT2D eigenvalue weighted by Crippen LogP contribution is 2.54. The maximum atomic E-state index is 6.30. The number of ether oxygens (including phenoxy) is 1. The second-order valence-corrected chi connectivity index (χ2v) is 10.8. The highest BCUT2D eigenvalue weighted by Gasteiger charge is 2.48. The number of nitrogens with one attached hydrogen (secondary N) is 1. The van der Waals surface area contributed by atoms with Crippen LogP contribution in [0.2, 0.25) is 5.02 Å². The number of hydrogen-bond donors (Lipinski definition) is 1. The van der Waals surface area contributed by atoms with Crippen LogP contribution in [0.3, 0.4) is 0 Å². The Labute approximate surface area is 172 Å². The molecule has 1 fully saturated rings. The van der Waals surface area contributed by atoms with Gasteiger partial charge in [-0.3, -0.25) is 0 Å². The molecule has 1 aliphatic heterocycles. The number of rotatable bonds is 3. The molecule has 27 heavy (non-hydrogen) atoms. The molecule has 2 aliphatic rings. The SMILES string of the molecule is COc1ccc(SC2(C)CC[C@H]3[C@H](C2)Nc2ccc(Cl)cc2C3(C)C)cc1. The summed E-state index contributed by atoms with van der Waals surface area (Å²) in [5.74, 6) is 1.55. The molecule has 2 aromatic rings. The highest BCUT2D eigenvalue weighted by molar-refractivity contribution is 8.00. The summed E-state index contributed by atoms with van der Waals surface area (Å²) in [5.41, 5.74) is 2.76. The number of benzene rings is 2. The molecule has 3 atom stereocenters. The predicted molar refractivity (Wildman–Crippen MR) is 116 cm³/mol. The standard InChI is InChI=1S/C23H28ClNOS/c1-22(2)18-11-12-23(3,27-17-8-6-16(26-4)7-9-17)14-21(18)25-20-10-5-15(24)13-19(20)22/h5-10,13,18,21,25H,11-12,14H2,1-4H3/t18-,21-,23?/m0/s1. The zero-order chi connectivity index (χ0) is 19.2. The van der Waals surface area contributed by atoms with Gasteiger partial charge >= 0.3 is 0 Å². The third-order valence-corrected chi connectivity index (χ3v) is 8.10. The van der Waals surface area contributed by atoms with Crippen LogP contribution in [-0.4, -0.2) is 17.9 Å². The maximum absolute atomic E-state index is 6.30. The van der Waals surface area contributed by atoms with E-state index in [1.807, 2.05) is 17.8 Å². The van der Waals surface area contributed by atoms with E-state index in [0.29, 0.717) is 12.0 Å². The van der Waals surface area contributed by atoms with E-state index in [0.717, 1.165) is 10.8 Å². The molecular weight excluding hydrogens is 374 g/mol. The van der Waals surface area contributed by atoms with Crippen molar-refractivity contribution in [2.75, 3.05) is 12.4 Å². The van der Waals surface area contributed by atoms with E-state index in [2.05, 4.69) is 62.5 Å². The molecule has 0 aromatic heterocycles. The molecule has 144 valence electrons. The van der Waals surface area contributed by atoms with Crippen LogP contribution in [-0.2, 0) is 5.41 Å². The average Bonchev–Trinajstić information content (AvgIpc) is 2.63. The van der Waals surface area contributed by atoms with Crippen molar-refractivity contribution in [1.29, 1.82) is 0 Å². The normalized spacial score (nSPS) is 28.6. The molecule has 0 bridgehead atoms. The van der Waals surface area contributed by atoms with Gasteiger partial charge in [-0.25, -0.2) is 0 Å². The fourth-order valence-corrected chi connectivity index (χ4v) is 6.48. The fourth-order valence-electron chi connectivity index (χ4n) is 4.98. The van der Waals surface area contributed by atoms with Crippen LogP contribution in [0.15, 0.2) is 47.4 Å². The third-order valence-electron chi connectivity index (χ3n) is 6.49. The molecule has 0 saturated heterocycles. The number of anilines is 1. The van der Waals surface area contributed by atoms with Crippen molar-refractivity contribution >= 4 is 29.1 Å². The van der Waals surface area contributed by atoms with Crippen molar-refractivity contribution in [3.63, 3.8) is 0 Å². The Balaban J connectivity index is 1.56. The van der Waals surface area contributed by atoms with Crippen molar-refractivity contribution in [3.05, 3.63) is 53.1 Å². The van der Waals surface area contributed by atoms with Gasteiger partial charge < -0.3 is 10.1 Å². The Morgan fingerprint density at radius 3 is 2.56 bits per heavy atom. The van der Waals surface area contributed by atoms with Gasteiger partial charge in [0.1, 0.15) is 5.75 Å². The quantitative estimate of drug-likeness (QED) is 0.612. The van der Waals surface area contributed by atoms with Crippen LogP contribution in [0.4, 0.5) is 5.69 Å². The number of fused-ring (bicyclic) bond motifs is 2. The van der Waals surface area contributed by atoms with Crippen LogP contribution in [0.1, 0.15) is 45.6 Å². The molecule has 1 N–H and O–H groups in total. The second kappa shape index (κ2) is 6.93. The molecule has 1 aliphatic carbocycles. The van der Waals surface area contributed by atoms with Gasteiger partial charge in [0.2, 0.25) is 0 Å². The first-order valence-corrected chi connectivity index (χ1v) is 10.9. The maximum Gasteiger partial charge on any atom is 0.118 e. The zero-order valence-electron chi connectivity index (χ0n) is 16.5. The fraction of sp³-hybridized carbons (Fsp3) is 0.478. The van der Waals surface area contributed by atoms with E-state index in [1.54, 1.807) is 7.11 Å². The van der Waals surface area contributed by atoms with E-state index in [1.165, 1.54) is 35.4 Å². The lowest BCUT2D eigenvalue weighted by Crippen LogP contribution is -2.52. The van der Waals surface area contributed by atoms with Gasteiger partial charge in [0.25, 0.3) is 0 Å². The second-order valence-electron chi connectivity index (χ2n) is 8.74. The van der Waals surface area contributed by atoms with Gasteiger partial charge in [-0.2, -0.15) is 0 Å². The van der Waals surface area contributed by atoms with E-state index in [-0.39, 0.29) is 10.2 Å². The molecule has 1 heterocycles. The molecular formula is C23H28ClNOS. The van der Waals surface area contributed by atoms with Gasteiger partial charge in [-0.1, -0.05) is 32.4 Å². The molecule has 1 unspecified atom stereocenters. The lowest BCUT2D eigenvalue weighted by molar-refractivity contribution is 0.186. The minimum atomic E-state index is 0.141. The Morgan fingerprint density at radius 2 is 1.85 bits per heavy atom. The summed E-state index contributed by atoms with van der Waals surface area (Å²) in [6, 6.07) is 15.3. The summed E-state index contributed by atoms with van der Waals surface area (Å²) in [6.07, 6.45) is 3.63. The number of thioether (sulfide) groups is 1. The Kier molecular flexibility index (Phi) is 4.88. The lowest BCUT2D eigenvalue weighted by Gasteiger charge is -2.52. The Morgan fingerprint density at radius 1 is 1.11 bits per heavy atom. The van der Waals surface area contributed by atoms with Gasteiger partial charge in [0, 0.05) is 26.4 Å². The monoisotopic (exact) mass is 401 g/mol. The summed E-state index contributed by atoms with van der Waals surface area (Å²) in [5, 5.41) is 4.68. The minimum Gasteiger partial charge on any atom is -0.497 e. The first-order valence-electron chi connectivity index (χ1n) is 9.70. The molecule has 0 amide bonds. The minimum absolute atomic E-state index is 0.141. The molecule has 2 aromatic carbocycles. The smallest absolute Gasteiger partial charge is 0.118 e. The van der Waals surface area contributed by atoms with E-state index in [4.69, 9.17) is 16.3 Å². The first kappa shape index (κ1) is 19.0. The summed E-state index contributed by atoms with van der Waals surface area (Å²) in [7, 11) is 1.71. The van der Waals surface area contributed by atoms with Crippen molar-refractivity contribution in [1.82, 2.24) is 0 Å². The number of hydrogen-bond acceptors (Lipinski definition) is 3. The number of halogens is 1. The van der Waals surface area contributed by atoms with Crippen LogP contribution in [0.25, 0.3) is 0 Å². The largest absolute Gasteiger partial charge is 0.497 e. The van der Waals surface area contributed by atoms with Gasteiger partial charge in [-0.05, 0) is 78.6 Å². The zero-order valence-corrected chi connectivity index (χ0v) is 18.1. The van der Waals surface area contributed by atoms with Crippen molar-refractivity contribution < 1.29 is 4.74 Å². The Hall–Kier alpha value is -1.32. The number of methoxy groups -OCH3 is 1. The van der Waals surface area contributed by atoms with Crippen molar-refractivity contribution in [3.8, 4) is 5.75 Å². The summed E-state index contributed by atoms with van der Waals surface area (Å²) in [6.45, 7) is 7.20. The molecule has 4 heteroatoms. The first-order chi connectivity index (χ1) is 12.8. The van der Waals surface area contributed by atoms with Gasteiger partial charge in [-0.15, -0.1) is 11.8 Å². The van der Waals surface area contributed by atoms with Gasteiger partial charge in [0.05, 0.1) is 7.11 Å². The summed E-state index contributed by atoms with van der Waals surface area (Å²) in [4.78, 5) is 1.32. The molecule has 2 nitrogen and oxygen atoms in total. The average molecular weight is 402 g/mol. The van der Waals surface area contributed by atoms with E-state index < -0.39 is 0 Å². The third kappa shape index (κ3) is 3.56. The van der Waals surface area contributed by atoms with E-state index >= 15 is 0 Å². The predicted octanol–water partition coefficient (Wildman–Crippen LogP) is 6.77. The highest BCUT2D eigenvalue weighted by atomic mass is 35.5.